The molecule has 0 spiro atoms. The average Bonchev–Trinajstić information content (AvgIpc) is 2.63. The van der Waals surface area contributed by atoms with Crippen LogP contribution in [0.2, 0.25) is 0 Å². The maximum Gasteiger partial charge on any atom is 0.421 e. The van der Waals surface area contributed by atoms with E-state index in [1.54, 1.807) is 18.2 Å². The lowest BCUT2D eigenvalue weighted by molar-refractivity contribution is -0.137. The molecule has 140 valence electrons. The summed E-state index contributed by atoms with van der Waals surface area (Å²) in [5.41, 5.74) is -0.218. The first-order chi connectivity index (χ1) is 12.8. The van der Waals surface area contributed by atoms with Crippen molar-refractivity contribution in [1.29, 1.82) is 0 Å². The van der Waals surface area contributed by atoms with Gasteiger partial charge in [-0.25, -0.2) is 9.37 Å². The molecule has 3 rings (SSSR count). The van der Waals surface area contributed by atoms with Crippen LogP contribution in [0.5, 0.6) is 5.75 Å². The van der Waals surface area contributed by atoms with Crippen molar-refractivity contribution in [3.05, 3.63) is 66.1 Å². The van der Waals surface area contributed by atoms with Crippen LogP contribution in [0, 0.1) is 5.82 Å². The van der Waals surface area contributed by atoms with Gasteiger partial charge in [0.1, 0.15) is 22.9 Å². The largest absolute Gasteiger partial charge is 0.497 e. The fourth-order valence-electron chi connectivity index (χ4n) is 2.24. The first-order valence-corrected chi connectivity index (χ1v) is 7.73. The zero-order chi connectivity index (χ0) is 19.4. The van der Waals surface area contributed by atoms with Crippen LogP contribution in [0.25, 0.3) is 0 Å². The summed E-state index contributed by atoms with van der Waals surface area (Å²) in [6.07, 6.45) is -3.96. The quantitative estimate of drug-likeness (QED) is 0.603. The molecule has 1 heterocycles. The first kappa shape index (κ1) is 18.4. The molecule has 2 aromatic carbocycles. The van der Waals surface area contributed by atoms with Crippen LogP contribution in [0.1, 0.15) is 5.56 Å². The number of rotatable bonds is 5. The van der Waals surface area contributed by atoms with Crippen molar-refractivity contribution in [2.45, 2.75) is 6.18 Å². The van der Waals surface area contributed by atoms with Gasteiger partial charge >= 0.3 is 6.18 Å². The second kappa shape index (κ2) is 7.48. The van der Waals surface area contributed by atoms with Crippen LogP contribution >= 0.6 is 0 Å². The molecule has 0 fully saturated rings. The van der Waals surface area contributed by atoms with Gasteiger partial charge in [-0.15, -0.1) is 0 Å². The standard InChI is InChI=1S/C18H14F4N4O/c1-27-14-4-2-3-13(9-14)24-16-15(18(20,21)22)10-23-17(26-16)25-12-7-5-11(19)6-8-12/h2-10H,1H3,(H2,23,24,25,26). The van der Waals surface area contributed by atoms with E-state index in [1.165, 1.54) is 37.4 Å². The zero-order valence-electron chi connectivity index (χ0n) is 14.0. The highest BCUT2D eigenvalue weighted by Gasteiger charge is 2.35. The predicted octanol–water partition coefficient (Wildman–Crippen LogP) is 5.13. The Morgan fingerprint density at radius 2 is 1.70 bits per heavy atom. The Balaban J connectivity index is 1.94. The fraction of sp³-hybridized carbons (Fsp3) is 0.111. The average molecular weight is 378 g/mol. The summed E-state index contributed by atoms with van der Waals surface area (Å²) in [6.45, 7) is 0. The molecule has 0 amide bonds. The number of benzene rings is 2. The molecule has 0 bridgehead atoms. The van der Waals surface area contributed by atoms with E-state index in [1.807, 2.05) is 0 Å². The molecule has 0 radical (unpaired) electrons. The normalized spacial score (nSPS) is 11.1. The third-order valence-electron chi connectivity index (χ3n) is 3.53. The van der Waals surface area contributed by atoms with Crippen molar-refractivity contribution in [1.82, 2.24) is 9.97 Å². The molecule has 3 aromatic rings. The van der Waals surface area contributed by atoms with Crippen molar-refractivity contribution >= 4 is 23.1 Å². The Morgan fingerprint density at radius 3 is 2.37 bits per heavy atom. The molecule has 0 unspecified atom stereocenters. The molecule has 1 aromatic heterocycles. The van der Waals surface area contributed by atoms with E-state index in [0.717, 1.165) is 0 Å². The molecule has 0 aliphatic heterocycles. The van der Waals surface area contributed by atoms with E-state index in [2.05, 4.69) is 20.6 Å². The van der Waals surface area contributed by atoms with Gasteiger partial charge in [-0.3, -0.25) is 0 Å². The lowest BCUT2D eigenvalue weighted by atomic mass is 10.2. The predicted molar refractivity (Wildman–Crippen MR) is 93.0 cm³/mol. The van der Waals surface area contributed by atoms with Gasteiger partial charge in [-0.05, 0) is 36.4 Å². The number of alkyl halides is 3. The molecular formula is C18H14F4N4O. The van der Waals surface area contributed by atoms with Crippen molar-refractivity contribution < 1.29 is 22.3 Å². The lowest BCUT2D eigenvalue weighted by Gasteiger charge is -2.15. The van der Waals surface area contributed by atoms with E-state index in [-0.39, 0.29) is 5.95 Å². The van der Waals surface area contributed by atoms with Crippen LogP contribution in [0.4, 0.5) is 40.7 Å². The first-order valence-electron chi connectivity index (χ1n) is 7.73. The van der Waals surface area contributed by atoms with Gasteiger partial charge in [0.15, 0.2) is 0 Å². The Hall–Kier alpha value is -3.36. The van der Waals surface area contributed by atoms with Crippen molar-refractivity contribution in [3.8, 4) is 5.75 Å². The molecule has 0 aliphatic carbocycles. The summed E-state index contributed by atoms with van der Waals surface area (Å²) in [5.74, 6) is -0.447. The van der Waals surface area contributed by atoms with E-state index >= 15 is 0 Å². The monoisotopic (exact) mass is 378 g/mol. The minimum Gasteiger partial charge on any atom is -0.497 e. The molecule has 0 saturated carbocycles. The van der Waals surface area contributed by atoms with Crippen LogP contribution < -0.4 is 15.4 Å². The molecule has 2 N–H and O–H groups in total. The minimum atomic E-state index is -4.64. The number of hydrogen-bond acceptors (Lipinski definition) is 5. The number of hydrogen-bond donors (Lipinski definition) is 2. The minimum absolute atomic E-state index is 0.0694. The van der Waals surface area contributed by atoms with Crippen LogP contribution in [-0.2, 0) is 6.18 Å². The number of anilines is 4. The van der Waals surface area contributed by atoms with E-state index < -0.39 is 23.4 Å². The van der Waals surface area contributed by atoms with Crippen molar-refractivity contribution in [2.75, 3.05) is 17.7 Å². The van der Waals surface area contributed by atoms with Crippen LogP contribution in [0.15, 0.2) is 54.7 Å². The SMILES string of the molecule is COc1cccc(Nc2nc(Nc3ccc(F)cc3)ncc2C(F)(F)F)c1. The summed E-state index contributed by atoms with van der Waals surface area (Å²) < 4.78 is 57.9. The topological polar surface area (TPSA) is 59.1 Å². The zero-order valence-corrected chi connectivity index (χ0v) is 14.0. The van der Waals surface area contributed by atoms with Gasteiger partial charge in [-0.1, -0.05) is 6.07 Å². The Bertz CT molecular complexity index is 929. The summed E-state index contributed by atoms with van der Waals surface area (Å²) in [7, 11) is 1.45. The molecule has 0 saturated heterocycles. The van der Waals surface area contributed by atoms with Gasteiger partial charge in [-0.2, -0.15) is 18.2 Å². The Kier molecular flexibility index (Phi) is 5.11. The summed E-state index contributed by atoms with van der Waals surface area (Å²) >= 11 is 0. The highest BCUT2D eigenvalue weighted by Crippen LogP contribution is 2.35. The summed E-state index contributed by atoms with van der Waals surface area (Å²) in [6, 6.07) is 11.7. The maximum absolute atomic E-state index is 13.3. The van der Waals surface area contributed by atoms with Gasteiger partial charge in [0.2, 0.25) is 5.95 Å². The van der Waals surface area contributed by atoms with Gasteiger partial charge in [0, 0.05) is 23.6 Å². The highest BCUT2D eigenvalue weighted by molar-refractivity contribution is 5.63. The fourth-order valence-corrected chi connectivity index (χ4v) is 2.24. The number of aromatic nitrogens is 2. The van der Waals surface area contributed by atoms with Gasteiger partial charge < -0.3 is 15.4 Å². The molecule has 9 heteroatoms. The lowest BCUT2D eigenvalue weighted by Crippen LogP contribution is -2.12. The molecular weight excluding hydrogens is 364 g/mol. The molecule has 0 aliphatic rings. The highest BCUT2D eigenvalue weighted by atomic mass is 19.4. The number of nitrogens with one attached hydrogen (secondary N) is 2. The number of nitrogens with zero attached hydrogens (tertiary/aromatic N) is 2. The van der Waals surface area contributed by atoms with E-state index in [4.69, 9.17) is 4.74 Å². The Morgan fingerprint density at radius 1 is 0.963 bits per heavy atom. The second-order valence-corrected chi connectivity index (χ2v) is 5.44. The van der Waals surface area contributed by atoms with Gasteiger partial charge in [0.05, 0.1) is 7.11 Å². The van der Waals surface area contributed by atoms with Crippen molar-refractivity contribution in [3.63, 3.8) is 0 Å². The molecule has 5 nitrogen and oxygen atoms in total. The number of methoxy groups -OCH3 is 1. The summed E-state index contributed by atoms with van der Waals surface area (Å²) in [5, 5.41) is 5.38. The van der Waals surface area contributed by atoms with E-state index in [9.17, 15) is 17.6 Å². The molecule has 27 heavy (non-hydrogen) atoms. The maximum atomic E-state index is 13.3. The van der Waals surface area contributed by atoms with Gasteiger partial charge in [0.25, 0.3) is 0 Å². The third kappa shape index (κ3) is 4.63. The third-order valence-corrected chi connectivity index (χ3v) is 3.53. The summed E-state index contributed by atoms with van der Waals surface area (Å²) in [4.78, 5) is 7.62. The smallest absolute Gasteiger partial charge is 0.421 e. The molecule has 0 atom stereocenters. The van der Waals surface area contributed by atoms with Crippen molar-refractivity contribution in [2.24, 2.45) is 0 Å². The number of ether oxygens (including phenoxy) is 1. The van der Waals surface area contributed by atoms with Crippen LogP contribution in [0.3, 0.4) is 0 Å². The Labute approximate surface area is 152 Å². The van der Waals surface area contributed by atoms with E-state index in [0.29, 0.717) is 23.3 Å². The van der Waals surface area contributed by atoms with Crippen LogP contribution in [-0.4, -0.2) is 17.1 Å². The second-order valence-electron chi connectivity index (χ2n) is 5.44. The number of halogens is 4.